The van der Waals surface area contributed by atoms with Crippen LogP contribution in [-0.2, 0) is 24.2 Å². The van der Waals surface area contributed by atoms with Crippen LogP contribution in [0, 0.1) is 6.08 Å². The van der Waals surface area contributed by atoms with Gasteiger partial charge in [-0.1, -0.05) is 70.8 Å². The SMILES string of the molecule is C[C](C)=[Zr+2].[C-]1=CC=CC1.[Cl-].[Cl-].c1ccc(-n2c3ccccc3c3[cH-]c4ccccc4c32)cc1. The molecule has 0 atom stereocenters. The van der Waals surface area contributed by atoms with Crippen molar-refractivity contribution < 1.29 is 49.0 Å². The van der Waals surface area contributed by atoms with E-state index in [9.17, 15) is 0 Å². The van der Waals surface area contributed by atoms with Crippen molar-refractivity contribution in [3.8, 4) is 5.69 Å². The van der Waals surface area contributed by atoms with Crippen LogP contribution in [0.5, 0.6) is 0 Å². The Morgan fingerprint density at radius 3 is 2.06 bits per heavy atom. The van der Waals surface area contributed by atoms with E-state index in [2.05, 4.69) is 115 Å². The zero-order valence-corrected chi connectivity index (χ0v) is 22.7. The van der Waals surface area contributed by atoms with Crippen molar-refractivity contribution in [2.75, 3.05) is 0 Å². The zero-order valence-electron chi connectivity index (χ0n) is 18.7. The van der Waals surface area contributed by atoms with Crippen LogP contribution in [-0.4, -0.2) is 7.77 Å². The molecule has 0 aliphatic heterocycles. The van der Waals surface area contributed by atoms with Crippen molar-refractivity contribution in [3.63, 3.8) is 0 Å². The molecular weight excluding hydrogens is 524 g/mol. The summed E-state index contributed by atoms with van der Waals surface area (Å²) in [5.41, 5.74) is 3.79. The largest absolute Gasteiger partial charge is 1.00 e. The maximum Gasteiger partial charge on any atom is 0.0378 e. The molecule has 5 aromatic rings. The second kappa shape index (κ2) is 12.9. The molecule has 1 aromatic heterocycles. The van der Waals surface area contributed by atoms with Crippen molar-refractivity contribution in [1.82, 2.24) is 4.57 Å². The minimum absolute atomic E-state index is 0. The molecule has 4 aromatic carbocycles. The molecule has 1 heterocycles. The summed E-state index contributed by atoms with van der Waals surface area (Å²) in [6.45, 7) is 4.25. The minimum Gasteiger partial charge on any atom is -1.00 e. The van der Waals surface area contributed by atoms with Crippen LogP contribution >= 0.6 is 0 Å². The van der Waals surface area contributed by atoms with Gasteiger partial charge in [0.1, 0.15) is 0 Å². The molecule has 0 saturated carbocycles. The average Bonchev–Trinajstić information content (AvgIpc) is 3.52. The van der Waals surface area contributed by atoms with Gasteiger partial charge in [0.25, 0.3) is 0 Å². The molecule has 33 heavy (non-hydrogen) atoms. The van der Waals surface area contributed by atoms with Gasteiger partial charge in [-0.2, -0.15) is 6.08 Å². The molecule has 0 spiro atoms. The van der Waals surface area contributed by atoms with E-state index in [1.165, 1.54) is 41.5 Å². The number of fused-ring (bicyclic) bond motifs is 5. The molecule has 0 N–H and O–H groups in total. The Bertz CT molecular complexity index is 1370. The molecule has 0 unspecified atom stereocenters. The van der Waals surface area contributed by atoms with Crippen molar-refractivity contribution in [2.45, 2.75) is 20.3 Å². The fraction of sp³-hybridized carbons (Fsp3) is 0.103. The van der Waals surface area contributed by atoms with Gasteiger partial charge < -0.3 is 29.4 Å². The molecule has 1 nitrogen and oxygen atoms in total. The molecule has 4 heteroatoms. The Hall–Kier alpha value is -2.12. The molecule has 0 amide bonds. The topological polar surface area (TPSA) is 4.93 Å². The van der Waals surface area contributed by atoms with Crippen LogP contribution in [0.2, 0.25) is 0 Å². The molecule has 0 radical (unpaired) electrons. The van der Waals surface area contributed by atoms with Gasteiger partial charge in [0.15, 0.2) is 0 Å². The first-order valence-electron chi connectivity index (χ1n) is 10.5. The van der Waals surface area contributed by atoms with E-state index in [4.69, 9.17) is 0 Å². The van der Waals surface area contributed by atoms with Gasteiger partial charge in [0.05, 0.1) is 0 Å². The fourth-order valence-electron chi connectivity index (χ4n) is 3.86. The van der Waals surface area contributed by atoms with Crippen LogP contribution in [0.25, 0.3) is 38.3 Å². The van der Waals surface area contributed by atoms with Gasteiger partial charge >= 0.3 is 41.3 Å². The first-order valence-corrected chi connectivity index (χ1v) is 11.8. The molecule has 0 bridgehead atoms. The average molecular weight is 550 g/mol. The van der Waals surface area contributed by atoms with Crippen molar-refractivity contribution >= 4 is 35.8 Å². The summed E-state index contributed by atoms with van der Waals surface area (Å²) in [7, 11) is 0. The number of hydrogen-bond acceptors (Lipinski definition) is 0. The number of allylic oxidation sites excluding steroid dienone is 4. The number of para-hydroxylation sites is 2. The Morgan fingerprint density at radius 2 is 1.45 bits per heavy atom. The maximum absolute atomic E-state index is 2.99. The number of hydrogen-bond donors (Lipinski definition) is 0. The first kappa shape index (κ1) is 27.1. The van der Waals surface area contributed by atoms with Crippen LogP contribution in [0.1, 0.15) is 20.3 Å². The number of halogens is 2. The second-order valence-corrected chi connectivity index (χ2v) is 10.1. The Morgan fingerprint density at radius 1 is 0.848 bits per heavy atom. The summed E-state index contributed by atoms with van der Waals surface area (Å²) < 4.78 is 3.89. The number of aromatic nitrogens is 1. The van der Waals surface area contributed by atoms with Crippen LogP contribution in [0.4, 0.5) is 0 Å². The normalized spacial score (nSPS) is 11.3. The predicted molar refractivity (Wildman–Crippen MR) is 132 cm³/mol. The van der Waals surface area contributed by atoms with E-state index >= 15 is 0 Å². The van der Waals surface area contributed by atoms with Crippen LogP contribution in [0.3, 0.4) is 0 Å². The third kappa shape index (κ3) is 6.27. The summed E-state index contributed by atoms with van der Waals surface area (Å²) >= 11 is 1.55. The summed E-state index contributed by atoms with van der Waals surface area (Å²) in [5.74, 6) is 0. The van der Waals surface area contributed by atoms with Crippen molar-refractivity contribution in [3.05, 3.63) is 109 Å². The van der Waals surface area contributed by atoms with Gasteiger partial charge in [0, 0.05) is 11.2 Å². The van der Waals surface area contributed by atoms with Gasteiger partial charge in [-0.05, 0) is 23.7 Å². The number of nitrogens with zero attached hydrogens (tertiary/aromatic N) is 1. The summed E-state index contributed by atoms with van der Waals surface area (Å²) in [6, 6.07) is 30.2. The van der Waals surface area contributed by atoms with Crippen molar-refractivity contribution in [2.24, 2.45) is 0 Å². The Kier molecular flexibility index (Phi) is 10.6. The van der Waals surface area contributed by atoms with E-state index in [1.807, 2.05) is 12.2 Å². The fourth-order valence-corrected chi connectivity index (χ4v) is 3.86. The standard InChI is InChI=1S/C21H14N.C5H5.C3H6.2ClH.Zr/c1-2-9-16(10-3-1)22-20-13-7-6-12-18(20)19-14-15-8-4-5-11-17(15)21(19)22;1-2-4-5-3-1;1-3-2;;;/h1-14H;1-3H,4H2;1-2H3;2*1H;/q2*-1;;;;+2/p-2. The predicted octanol–water partition coefficient (Wildman–Crippen LogP) is 1.71. The minimum atomic E-state index is 0. The monoisotopic (exact) mass is 547 g/mol. The third-order valence-corrected chi connectivity index (χ3v) is 5.03. The summed E-state index contributed by atoms with van der Waals surface area (Å²) in [5, 5.41) is 5.28. The first-order chi connectivity index (χ1) is 15.2. The Balaban J connectivity index is 0.000000300. The van der Waals surface area contributed by atoms with Crippen LogP contribution in [0.15, 0.2) is 103 Å². The molecule has 166 valence electrons. The summed E-state index contributed by atoms with van der Waals surface area (Å²) in [4.78, 5) is 0. The molecular formula is C29H25Cl2NZr-2. The number of benzene rings is 3. The molecule has 0 saturated heterocycles. The van der Waals surface area contributed by atoms with E-state index < -0.39 is 0 Å². The van der Waals surface area contributed by atoms with E-state index in [0.717, 1.165) is 6.42 Å². The quantitative estimate of drug-likeness (QED) is 0.281. The van der Waals surface area contributed by atoms with E-state index in [1.54, 1.807) is 24.2 Å². The second-order valence-electron chi connectivity index (χ2n) is 7.69. The molecule has 1 aliphatic rings. The van der Waals surface area contributed by atoms with Gasteiger partial charge in [-0.15, -0.1) is 23.9 Å². The molecule has 1 aliphatic carbocycles. The van der Waals surface area contributed by atoms with Gasteiger partial charge in [-0.3, -0.25) is 6.08 Å². The van der Waals surface area contributed by atoms with Gasteiger partial charge in [0.2, 0.25) is 0 Å². The Labute approximate surface area is 223 Å². The van der Waals surface area contributed by atoms with E-state index in [0.29, 0.717) is 0 Å². The van der Waals surface area contributed by atoms with Gasteiger partial charge in [-0.25, -0.2) is 12.2 Å². The maximum atomic E-state index is 2.99. The van der Waals surface area contributed by atoms with Crippen LogP contribution < -0.4 is 24.8 Å². The van der Waals surface area contributed by atoms with Crippen molar-refractivity contribution in [1.29, 1.82) is 0 Å². The zero-order chi connectivity index (χ0) is 21.6. The summed E-state index contributed by atoms with van der Waals surface area (Å²) in [6.07, 6.45) is 10.0. The third-order valence-electron chi connectivity index (χ3n) is 5.03. The number of rotatable bonds is 1. The van der Waals surface area contributed by atoms with E-state index in [-0.39, 0.29) is 24.8 Å². The molecule has 6 rings (SSSR count). The molecule has 0 fully saturated rings. The smallest absolute Gasteiger partial charge is 0.0378 e.